The van der Waals surface area contributed by atoms with Crippen LogP contribution in [0.1, 0.15) is 50.7 Å². The monoisotopic (exact) mass is 359 g/mol. The SMILES string of the molecule is CCCc1cc(C(=O)OCC(=O)c2ccc(NC(C)=O)cc2)sc1C. The molecule has 0 aliphatic carbocycles. The Bertz CT molecular complexity index is 777. The molecule has 5 nitrogen and oxygen atoms in total. The molecule has 0 aliphatic heterocycles. The average Bonchev–Trinajstić information content (AvgIpc) is 2.94. The number of carbonyl (C=O) groups is 3. The molecule has 132 valence electrons. The van der Waals surface area contributed by atoms with E-state index in [0.29, 0.717) is 16.1 Å². The maximum absolute atomic E-state index is 12.1. The third-order valence-corrected chi connectivity index (χ3v) is 4.68. The molecular weight excluding hydrogens is 338 g/mol. The van der Waals surface area contributed by atoms with Crippen molar-refractivity contribution in [3.63, 3.8) is 0 Å². The van der Waals surface area contributed by atoms with E-state index in [4.69, 9.17) is 4.74 Å². The summed E-state index contributed by atoms with van der Waals surface area (Å²) in [6.07, 6.45) is 1.94. The third-order valence-electron chi connectivity index (χ3n) is 3.60. The first-order valence-electron chi connectivity index (χ1n) is 8.08. The van der Waals surface area contributed by atoms with Crippen molar-refractivity contribution in [3.05, 3.63) is 51.2 Å². The van der Waals surface area contributed by atoms with E-state index < -0.39 is 5.97 Å². The number of Topliss-reactive ketones (excluding diaryl/α,β-unsaturated/α-hetero) is 1. The van der Waals surface area contributed by atoms with Crippen LogP contribution in [0.2, 0.25) is 0 Å². The maximum atomic E-state index is 12.1. The van der Waals surface area contributed by atoms with E-state index in [1.165, 1.54) is 18.3 Å². The number of rotatable bonds is 7. The third kappa shape index (κ3) is 5.26. The highest BCUT2D eigenvalue weighted by Crippen LogP contribution is 2.23. The highest BCUT2D eigenvalue weighted by Gasteiger charge is 2.15. The zero-order valence-corrected chi connectivity index (χ0v) is 15.4. The van der Waals surface area contributed by atoms with Crippen molar-refractivity contribution in [1.82, 2.24) is 0 Å². The number of anilines is 1. The van der Waals surface area contributed by atoms with Crippen LogP contribution in [0.25, 0.3) is 0 Å². The van der Waals surface area contributed by atoms with Crippen molar-refractivity contribution >= 4 is 34.7 Å². The molecule has 0 fully saturated rings. The Morgan fingerprint density at radius 2 is 1.84 bits per heavy atom. The summed E-state index contributed by atoms with van der Waals surface area (Å²) >= 11 is 1.39. The number of thiophene rings is 1. The van der Waals surface area contributed by atoms with Gasteiger partial charge in [0.25, 0.3) is 0 Å². The molecule has 2 rings (SSSR count). The van der Waals surface area contributed by atoms with Crippen molar-refractivity contribution in [2.45, 2.75) is 33.6 Å². The van der Waals surface area contributed by atoms with Crippen molar-refractivity contribution in [2.24, 2.45) is 0 Å². The number of hydrogen-bond donors (Lipinski definition) is 1. The van der Waals surface area contributed by atoms with Gasteiger partial charge in [-0.15, -0.1) is 11.3 Å². The molecular formula is C19H21NO4S. The zero-order chi connectivity index (χ0) is 18.4. The van der Waals surface area contributed by atoms with Gasteiger partial charge in [0, 0.05) is 23.1 Å². The van der Waals surface area contributed by atoms with Crippen molar-refractivity contribution in [2.75, 3.05) is 11.9 Å². The summed E-state index contributed by atoms with van der Waals surface area (Å²) in [6.45, 7) is 5.17. The van der Waals surface area contributed by atoms with Gasteiger partial charge in [0.2, 0.25) is 5.91 Å². The van der Waals surface area contributed by atoms with Gasteiger partial charge in [0.05, 0.1) is 0 Å². The van der Waals surface area contributed by atoms with Crippen LogP contribution in [0.15, 0.2) is 30.3 Å². The largest absolute Gasteiger partial charge is 0.453 e. The molecule has 0 saturated heterocycles. The summed E-state index contributed by atoms with van der Waals surface area (Å²) < 4.78 is 5.14. The number of ketones is 1. The minimum atomic E-state index is -0.473. The van der Waals surface area contributed by atoms with E-state index >= 15 is 0 Å². The van der Waals surface area contributed by atoms with Gasteiger partial charge >= 0.3 is 5.97 Å². The Kier molecular flexibility index (Phi) is 6.47. The van der Waals surface area contributed by atoms with Crippen LogP contribution in [-0.2, 0) is 16.0 Å². The molecule has 0 aliphatic rings. The zero-order valence-electron chi connectivity index (χ0n) is 14.5. The van der Waals surface area contributed by atoms with E-state index in [1.807, 2.05) is 13.0 Å². The molecule has 0 bridgehead atoms. The fourth-order valence-corrected chi connectivity index (χ4v) is 3.33. The highest BCUT2D eigenvalue weighted by atomic mass is 32.1. The Labute approximate surface area is 151 Å². The van der Waals surface area contributed by atoms with Crippen LogP contribution in [-0.4, -0.2) is 24.3 Å². The lowest BCUT2D eigenvalue weighted by Gasteiger charge is -2.05. The quantitative estimate of drug-likeness (QED) is 0.599. The molecule has 1 aromatic carbocycles. The minimum Gasteiger partial charge on any atom is -0.453 e. The predicted octanol–water partition coefficient (Wildman–Crippen LogP) is 4.01. The van der Waals surface area contributed by atoms with Gasteiger partial charge in [-0.1, -0.05) is 13.3 Å². The molecule has 2 aromatic rings. The molecule has 0 saturated carbocycles. The van der Waals surface area contributed by atoms with Gasteiger partial charge in [-0.05, 0) is 49.2 Å². The number of hydrogen-bond acceptors (Lipinski definition) is 5. The summed E-state index contributed by atoms with van der Waals surface area (Å²) in [7, 11) is 0. The Morgan fingerprint density at radius 3 is 2.44 bits per heavy atom. The molecule has 1 N–H and O–H groups in total. The van der Waals surface area contributed by atoms with Gasteiger partial charge in [-0.3, -0.25) is 9.59 Å². The van der Waals surface area contributed by atoms with E-state index in [0.717, 1.165) is 23.3 Å². The van der Waals surface area contributed by atoms with E-state index in [-0.39, 0.29) is 18.3 Å². The first kappa shape index (κ1) is 18.9. The number of ether oxygens (including phenoxy) is 1. The summed E-state index contributed by atoms with van der Waals surface area (Å²) in [4.78, 5) is 36.8. The van der Waals surface area contributed by atoms with Gasteiger partial charge in [-0.2, -0.15) is 0 Å². The van der Waals surface area contributed by atoms with E-state index in [1.54, 1.807) is 24.3 Å². The van der Waals surface area contributed by atoms with Crippen molar-refractivity contribution in [1.29, 1.82) is 0 Å². The first-order valence-corrected chi connectivity index (χ1v) is 8.89. The molecule has 6 heteroatoms. The van der Waals surface area contributed by atoms with E-state index in [9.17, 15) is 14.4 Å². The number of benzene rings is 1. The fourth-order valence-electron chi connectivity index (χ4n) is 2.37. The highest BCUT2D eigenvalue weighted by molar-refractivity contribution is 7.14. The maximum Gasteiger partial charge on any atom is 0.348 e. The van der Waals surface area contributed by atoms with Crippen LogP contribution in [0, 0.1) is 6.92 Å². The summed E-state index contributed by atoms with van der Waals surface area (Å²) in [5.74, 6) is -0.940. The van der Waals surface area contributed by atoms with Crippen LogP contribution >= 0.6 is 11.3 Å². The lowest BCUT2D eigenvalue weighted by molar-refractivity contribution is -0.114. The number of amides is 1. The molecule has 0 atom stereocenters. The van der Waals surface area contributed by atoms with Crippen LogP contribution in [0.3, 0.4) is 0 Å². The Hall–Kier alpha value is -2.47. The number of aryl methyl sites for hydroxylation is 2. The fraction of sp³-hybridized carbons (Fsp3) is 0.316. The minimum absolute atomic E-state index is 0.179. The second kappa shape index (κ2) is 8.58. The summed E-state index contributed by atoms with van der Waals surface area (Å²) in [5.41, 5.74) is 2.19. The number of nitrogens with one attached hydrogen (secondary N) is 1. The molecule has 1 aromatic heterocycles. The summed E-state index contributed by atoms with van der Waals surface area (Å²) in [6, 6.07) is 8.30. The van der Waals surface area contributed by atoms with E-state index in [2.05, 4.69) is 12.2 Å². The van der Waals surface area contributed by atoms with Gasteiger partial charge in [0.15, 0.2) is 12.4 Å². The average molecular weight is 359 g/mol. The molecule has 0 spiro atoms. The standard InChI is InChI=1S/C19H21NO4S/c1-4-5-15-10-18(25-12(15)2)19(23)24-11-17(22)14-6-8-16(9-7-14)20-13(3)21/h6-10H,4-5,11H2,1-3H3,(H,20,21). The molecule has 25 heavy (non-hydrogen) atoms. The van der Waals surface area contributed by atoms with Crippen LogP contribution in [0.5, 0.6) is 0 Å². The lowest BCUT2D eigenvalue weighted by Crippen LogP contribution is -2.13. The second-order valence-corrected chi connectivity index (χ2v) is 6.96. The number of carbonyl (C=O) groups excluding carboxylic acids is 3. The topological polar surface area (TPSA) is 72.5 Å². The smallest absolute Gasteiger partial charge is 0.348 e. The van der Waals surface area contributed by atoms with Gasteiger partial charge in [0.1, 0.15) is 4.88 Å². The number of esters is 1. The van der Waals surface area contributed by atoms with Crippen LogP contribution in [0.4, 0.5) is 5.69 Å². The van der Waals surface area contributed by atoms with Gasteiger partial charge in [-0.25, -0.2) is 4.79 Å². The van der Waals surface area contributed by atoms with Crippen molar-refractivity contribution in [3.8, 4) is 0 Å². The summed E-state index contributed by atoms with van der Waals surface area (Å²) in [5, 5.41) is 2.63. The molecule has 1 heterocycles. The molecule has 0 radical (unpaired) electrons. The first-order chi connectivity index (χ1) is 11.9. The molecule has 0 unspecified atom stereocenters. The second-order valence-electron chi connectivity index (χ2n) is 5.70. The van der Waals surface area contributed by atoms with Crippen molar-refractivity contribution < 1.29 is 19.1 Å². The lowest BCUT2D eigenvalue weighted by atomic mass is 10.1. The molecule has 1 amide bonds. The normalized spacial score (nSPS) is 10.4. The Balaban J connectivity index is 1.93. The predicted molar refractivity (Wildman–Crippen MR) is 98.4 cm³/mol. The van der Waals surface area contributed by atoms with Crippen LogP contribution < -0.4 is 5.32 Å². The van der Waals surface area contributed by atoms with Gasteiger partial charge < -0.3 is 10.1 Å². The Morgan fingerprint density at radius 1 is 1.16 bits per heavy atom.